The van der Waals surface area contributed by atoms with Crippen LogP contribution < -0.4 is 10.5 Å². The van der Waals surface area contributed by atoms with Crippen LogP contribution in [-0.2, 0) is 10.8 Å². The second kappa shape index (κ2) is 6.60. The molecule has 4 nitrogen and oxygen atoms in total. The number of benzene rings is 1. The van der Waals surface area contributed by atoms with Gasteiger partial charge in [0, 0.05) is 29.1 Å². The summed E-state index contributed by atoms with van der Waals surface area (Å²) in [5, 5.41) is 7.67. The van der Waals surface area contributed by atoms with Crippen molar-refractivity contribution in [1.82, 2.24) is 10.2 Å². The van der Waals surface area contributed by atoms with E-state index in [2.05, 4.69) is 69.9 Å². The predicted molar refractivity (Wildman–Crippen MR) is 99.9 cm³/mol. The van der Waals surface area contributed by atoms with E-state index in [0.717, 1.165) is 22.7 Å². The fourth-order valence-electron chi connectivity index (χ4n) is 2.79. The summed E-state index contributed by atoms with van der Waals surface area (Å²) in [5.74, 6) is 0.899. The van der Waals surface area contributed by atoms with E-state index in [1.807, 2.05) is 6.07 Å². The Labute approximate surface area is 145 Å². The largest absolute Gasteiger partial charge is 0.496 e. The van der Waals surface area contributed by atoms with E-state index in [1.165, 1.54) is 5.56 Å². The maximum Gasteiger partial charge on any atom is 0.122 e. The SMILES string of the molecule is COc1ccc(C(C)(C)C)cc1C(CN)c1cc(C(C)(C)C)n[nH]1. The Kier molecular flexibility index (Phi) is 5.09. The molecule has 0 bridgehead atoms. The molecule has 2 rings (SSSR count). The Hall–Kier alpha value is -1.81. The fourth-order valence-corrected chi connectivity index (χ4v) is 2.79. The number of nitrogens with zero attached hydrogens (tertiary/aromatic N) is 1. The molecule has 0 spiro atoms. The summed E-state index contributed by atoms with van der Waals surface area (Å²) in [6.45, 7) is 13.6. The molecule has 3 N–H and O–H groups in total. The van der Waals surface area contributed by atoms with Crippen molar-refractivity contribution < 1.29 is 4.74 Å². The molecule has 1 heterocycles. The molecule has 4 heteroatoms. The molecule has 0 aliphatic heterocycles. The molecule has 0 saturated heterocycles. The Morgan fingerprint density at radius 1 is 1.08 bits per heavy atom. The molecule has 0 amide bonds. The van der Waals surface area contributed by atoms with Gasteiger partial charge in [0.2, 0.25) is 0 Å². The summed E-state index contributed by atoms with van der Waals surface area (Å²) in [5.41, 5.74) is 10.7. The van der Waals surface area contributed by atoms with E-state index < -0.39 is 0 Å². The van der Waals surface area contributed by atoms with Crippen LogP contribution in [0.25, 0.3) is 0 Å². The van der Waals surface area contributed by atoms with Gasteiger partial charge < -0.3 is 10.5 Å². The molecule has 0 fully saturated rings. The molecule has 1 aromatic carbocycles. The Balaban J connectivity index is 2.52. The minimum absolute atomic E-state index is 0.00520. The summed E-state index contributed by atoms with van der Waals surface area (Å²) in [6, 6.07) is 8.51. The van der Waals surface area contributed by atoms with Crippen LogP contribution in [0.15, 0.2) is 24.3 Å². The molecule has 1 atom stereocenters. The molecule has 1 aromatic heterocycles. The number of hydrogen-bond acceptors (Lipinski definition) is 3. The molecular weight excluding hydrogens is 298 g/mol. The number of aromatic amines is 1. The highest BCUT2D eigenvalue weighted by Gasteiger charge is 2.25. The topological polar surface area (TPSA) is 63.9 Å². The van der Waals surface area contributed by atoms with Gasteiger partial charge in [0.25, 0.3) is 0 Å². The number of hydrogen-bond donors (Lipinski definition) is 2. The summed E-state index contributed by atoms with van der Waals surface area (Å²) >= 11 is 0. The lowest BCUT2D eigenvalue weighted by molar-refractivity contribution is 0.406. The zero-order valence-electron chi connectivity index (χ0n) is 16.0. The van der Waals surface area contributed by atoms with Crippen molar-refractivity contribution in [2.45, 2.75) is 58.3 Å². The molecule has 132 valence electrons. The Morgan fingerprint density at radius 2 is 1.75 bits per heavy atom. The van der Waals surface area contributed by atoms with Gasteiger partial charge >= 0.3 is 0 Å². The monoisotopic (exact) mass is 329 g/mol. The highest BCUT2D eigenvalue weighted by Crippen LogP contribution is 2.35. The van der Waals surface area contributed by atoms with E-state index >= 15 is 0 Å². The molecule has 0 radical (unpaired) electrons. The lowest BCUT2D eigenvalue weighted by atomic mass is 9.83. The third kappa shape index (κ3) is 3.81. The Morgan fingerprint density at radius 3 is 2.21 bits per heavy atom. The smallest absolute Gasteiger partial charge is 0.122 e. The second-order valence-electron chi connectivity index (χ2n) is 8.45. The maximum atomic E-state index is 6.13. The minimum Gasteiger partial charge on any atom is -0.496 e. The maximum absolute atomic E-state index is 6.13. The second-order valence-corrected chi connectivity index (χ2v) is 8.45. The van der Waals surface area contributed by atoms with Gasteiger partial charge in [-0.1, -0.05) is 53.7 Å². The van der Waals surface area contributed by atoms with Gasteiger partial charge in [-0.15, -0.1) is 0 Å². The summed E-state index contributed by atoms with van der Waals surface area (Å²) in [6.07, 6.45) is 0. The highest BCUT2D eigenvalue weighted by molar-refractivity contribution is 5.45. The molecule has 0 aliphatic rings. The van der Waals surface area contributed by atoms with Crippen LogP contribution in [0.2, 0.25) is 0 Å². The lowest BCUT2D eigenvalue weighted by Gasteiger charge is -2.24. The number of aromatic nitrogens is 2. The number of nitrogens with two attached hydrogens (primary N) is 1. The average molecular weight is 329 g/mol. The van der Waals surface area contributed by atoms with E-state index in [-0.39, 0.29) is 16.7 Å². The van der Waals surface area contributed by atoms with E-state index in [1.54, 1.807) is 7.11 Å². The summed E-state index contributed by atoms with van der Waals surface area (Å²) in [7, 11) is 1.71. The quantitative estimate of drug-likeness (QED) is 0.887. The molecule has 0 aliphatic carbocycles. The Bertz CT molecular complexity index is 690. The van der Waals surface area contributed by atoms with Gasteiger partial charge in [0.1, 0.15) is 5.75 Å². The first-order valence-electron chi connectivity index (χ1n) is 8.52. The third-order valence-electron chi connectivity index (χ3n) is 4.45. The number of nitrogens with one attached hydrogen (secondary N) is 1. The van der Waals surface area contributed by atoms with Crippen LogP contribution in [0.3, 0.4) is 0 Å². The zero-order valence-corrected chi connectivity index (χ0v) is 16.0. The van der Waals surface area contributed by atoms with Crippen molar-refractivity contribution in [3.05, 3.63) is 46.8 Å². The first-order valence-corrected chi connectivity index (χ1v) is 8.52. The predicted octanol–water partition coefficient (Wildman–Crippen LogP) is 4.10. The number of rotatable bonds is 4. The minimum atomic E-state index is 0.00520. The normalized spacial score (nSPS) is 13.8. The average Bonchev–Trinajstić information content (AvgIpc) is 2.97. The molecule has 0 saturated carbocycles. The van der Waals surface area contributed by atoms with Gasteiger partial charge in [-0.3, -0.25) is 5.10 Å². The van der Waals surface area contributed by atoms with E-state index in [9.17, 15) is 0 Å². The van der Waals surface area contributed by atoms with Gasteiger partial charge in [-0.05, 0) is 23.1 Å². The van der Waals surface area contributed by atoms with E-state index in [0.29, 0.717) is 6.54 Å². The van der Waals surface area contributed by atoms with Crippen LogP contribution in [0.5, 0.6) is 5.75 Å². The van der Waals surface area contributed by atoms with Crippen LogP contribution >= 0.6 is 0 Å². The van der Waals surface area contributed by atoms with Crippen molar-refractivity contribution in [2.75, 3.05) is 13.7 Å². The zero-order chi connectivity index (χ0) is 18.1. The number of methoxy groups -OCH3 is 1. The summed E-state index contributed by atoms with van der Waals surface area (Å²) < 4.78 is 5.60. The van der Waals surface area contributed by atoms with Crippen molar-refractivity contribution in [2.24, 2.45) is 5.73 Å². The van der Waals surface area contributed by atoms with Crippen molar-refractivity contribution in [1.29, 1.82) is 0 Å². The lowest BCUT2D eigenvalue weighted by Crippen LogP contribution is -2.18. The van der Waals surface area contributed by atoms with Crippen LogP contribution in [0, 0.1) is 0 Å². The van der Waals surface area contributed by atoms with Crippen molar-refractivity contribution in [3.8, 4) is 5.75 Å². The first kappa shape index (κ1) is 18.5. The molecular formula is C20H31N3O. The number of ether oxygens (including phenoxy) is 1. The highest BCUT2D eigenvalue weighted by atomic mass is 16.5. The van der Waals surface area contributed by atoms with Gasteiger partial charge in [0.05, 0.1) is 12.8 Å². The molecule has 24 heavy (non-hydrogen) atoms. The van der Waals surface area contributed by atoms with E-state index in [4.69, 9.17) is 10.5 Å². The molecule has 2 aromatic rings. The number of H-pyrrole nitrogens is 1. The van der Waals surface area contributed by atoms with Gasteiger partial charge in [0.15, 0.2) is 0 Å². The molecule has 1 unspecified atom stereocenters. The van der Waals surface area contributed by atoms with Gasteiger partial charge in [-0.25, -0.2) is 0 Å². The van der Waals surface area contributed by atoms with Crippen LogP contribution in [0.1, 0.15) is 70.0 Å². The fraction of sp³-hybridized carbons (Fsp3) is 0.550. The van der Waals surface area contributed by atoms with Crippen molar-refractivity contribution >= 4 is 0 Å². The third-order valence-corrected chi connectivity index (χ3v) is 4.45. The summed E-state index contributed by atoms with van der Waals surface area (Å²) in [4.78, 5) is 0. The standard InChI is InChI=1S/C20H31N3O/c1-19(2,3)13-8-9-17(24-7)14(10-13)15(12-21)16-11-18(23-22-16)20(4,5)6/h8-11,15H,12,21H2,1-7H3,(H,22,23). The van der Waals surface area contributed by atoms with Crippen LogP contribution in [-0.4, -0.2) is 23.9 Å². The van der Waals surface area contributed by atoms with Crippen molar-refractivity contribution in [3.63, 3.8) is 0 Å². The van der Waals surface area contributed by atoms with Gasteiger partial charge in [-0.2, -0.15) is 5.10 Å². The first-order chi connectivity index (χ1) is 11.1. The van der Waals surface area contributed by atoms with Crippen LogP contribution in [0.4, 0.5) is 0 Å².